The van der Waals surface area contributed by atoms with E-state index in [1.165, 1.54) is 11.1 Å². The van der Waals surface area contributed by atoms with E-state index in [-0.39, 0.29) is 18.0 Å². The molecule has 0 spiro atoms. The predicted octanol–water partition coefficient (Wildman–Crippen LogP) is 0.857. The van der Waals surface area contributed by atoms with Gasteiger partial charge in [-0.1, -0.05) is 24.3 Å². The highest BCUT2D eigenvalue weighted by Gasteiger charge is 2.27. The highest BCUT2D eigenvalue weighted by molar-refractivity contribution is 5.78. The van der Waals surface area contributed by atoms with Crippen molar-refractivity contribution in [2.24, 2.45) is 5.73 Å². The fraction of sp³-hybridized carbons (Fsp3) is 0.462. The predicted molar refractivity (Wildman–Crippen MR) is 67.4 cm³/mol. The van der Waals surface area contributed by atoms with Crippen molar-refractivity contribution in [3.63, 3.8) is 0 Å². The van der Waals surface area contributed by atoms with Gasteiger partial charge in [-0.2, -0.15) is 0 Å². The largest absolute Gasteiger partial charge is 0.355 e. The highest BCUT2D eigenvalue weighted by Crippen LogP contribution is 2.36. The van der Waals surface area contributed by atoms with Crippen LogP contribution in [0.2, 0.25) is 0 Å². The summed E-state index contributed by atoms with van der Waals surface area (Å²) in [5.41, 5.74) is 8.48. The minimum absolute atomic E-state index is 0.0328. The van der Waals surface area contributed by atoms with Gasteiger partial charge in [0, 0.05) is 18.6 Å². The molecule has 2 unspecified atom stereocenters. The minimum atomic E-state index is 0.0328. The molecule has 0 saturated heterocycles. The quantitative estimate of drug-likeness (QED) is 0.722. The number of benzene rings is 1. The van der Waals surface area contributed by atoms with Gasteiger partial charge < -0.3 is 16.4 Å². The lowest BCUT2D eigenvalue weighted by Gasteiger charge is -2.13. The molecule has 4 nitrogen and oxygen atoms in total. The molecule has 0 saturated carbocycles. The Kier molecular flexibility index (Phi) is 3.76. The Hall–Kier alpha value is -1.39. The number of nitrogens with two attached hydrogens (primary N) is 1. The van der Waals surface area contributed by atoms with Crippen LogP contribution in [0.25, 0.3) is 0 Å². The Morgan fingerprint density at radius 3 is 2.82 bits per heavy atom. The van der Waals surface area contributed by atoms with Crippen molar-refractivity contribution in [3.05, 3.63) is 35.4 Å². The zero-order valence-corrected chi connectivity index (χ0v) is 10.1. The molecule has 1 aromatic carbocycles. The number of amides is 1. The number of rotatable bonds is 4. The Morgan fingerprint density at radius 1 is 1.41 bits per heavy atom. The lowest BCUT2D eigenvalue weighted by atomic mass is 10.1. The first-order valence-corrected chi connectivity index (χ1v) is 6.07. The molecule has 0 aliphatic heterocycles. The number of fused-ring (bicyclic) bond motifs is 1. The summed E-state index contributed by atoms with van der Waals surface area (Å²) in [7, 11) is 0. The summed E-state index contributed by atoms with van der Waals surface area (Å²) < 4.78 is 0. The molecule has 0 heterocycles. The first kappa shape index (κ1) is 12.1. The number of hydrogen-bond acceptors (Lipinski definition) is 3. The summed E-state index contributed by atoms with van der Waals surface area (Å²) in [5.74, 6) is 0.0328. The fourth-order valence-electron chi connectivity index (χ4n) is 2.34. The molecule has 92 valence electrons. The van der Waals surface area contributed by atoms with Gasteiger partial charge >= 0.3 is 0 Å². The van der Waals surface area contributed by atoms with E-state index in [0.29, 0.717) is 13.1 Å². The third kappa shape index (κ3) is 2.65. The monoisotopic (exact) mass is 233 g/mol. The topological polar surface area (TPSA) is 67.2 Å². The number of carbonyl (C=O) groups is 1. The van der Waals surface area contributed by atoms with E-state index < -0.39 is 0 Å². The molecule has 0 radical (unpaired) electrons. The molecule has 2 atom stereocenters. The van der Waals surface area contributed by atoms with Crippen LogP contribution in [0.1, 0.15) is 36.6 Å². The average molecular weight is 233 g/mol. The van der Waals surface area contributed by atoms with Crippen molar-refractivity contribution in [1.29, 1.82) is 0 Å². The van der Waals surface area contributed by atoms with Crippen molar-refractivity contribution in [2.45, 2.75) is 25.4 Å². The van der Waals surface area contributed by atoms with E-state index in [1.807, 2.05) is 19.1 Å². The van der Waals surface area contributed by atoms with Gasteiger partial charge in [-0.3, -0.25) is 4.79 Å². The van der Waals surface area contributed by atoms with E-state index in [2.05, 4.69) is 22.8 Å². The van der Waals surface area contributed by atoms with E-state index in [0.717, 1.165) is 6.42 Å². The summed E-state index contributed by atoms with van der Waals surface area (Å²) >= 11 is 0. The maximum atomic E-state index is 11.4. The zero-order chi connectivity index (χ0) is 12.3. The molecule has 0 fully saturated rings. The Labute approximate surface area is 102 Å². The van der Waals surface area contributed by atoms with E-state index in [4.69, 9.17) is 5.73 Å². The maximum absolute atomic E-state index is 11.4. The van der Waals surface area contributed by atoms with Crippen LogP contribution in [0.3, 0.4) is 0 Å². The zero-order valence-electron chi connectivity index (χ0n) is 10.1. The Balaban J connectivity index is 1.98. The van der Waals surface area contributed by atoms with Gasteiger partial charge in [0.05, 0.1) is 6.54 Å². The van der Waals surface area contributed by atoms with Crippen LogP contribution in [0.5, 0.6) is 0 Å². The lowest BCUT2D eigenvalue weighted by Crippen LogP contribution is -2.35. The Morgan fingerprint density at radius 2 is 2.12 bits per heavy atom. The standard InChI is InChI=1S/C13H19N3O/c1-2-15-13(17)8-16-12-7-11(14)9-5-3-4-6-10(9)12/h3-6,11-12,16H,2,7-8,14H2,1H3,(H,15,17). The van der Waals surface area contributed by atoms with Crippen LogP contribution in [-0.2, 0) is 4.79 Å². The van der Waals surface area contributed by atoms with Crippen LogP contribution in [0.15, 0.2) is 24.3 Å². The van der Waals surface area contributed by atoms with Crippen molar-refractivity contribution in [2.75, 3.05) is 13.1 Å². The minimum Gasteiger partial charge on any atom is -0.355 e. The SMILES string of the molecule is CCNC(=O)CNC1CC(N)c2ccccc21. The summed E-state index contributed by atoms with van der Waals surface area (Å²) in [6.07, 6.45) is 0.860. The van der Waals surface area contributed by atoms with Gasteiger partial charge in [0.1, 0.15) is 0 Å². The molecule has 0 aromatic heterocycles. The number of nitrogens with one attached hydrogen (secondary N) is 2. The summed E-state index contributed by atoms with van der Waals surface area (Å²) in [6, 6.07) is 8.44. The normalized spacial score (nSPS) is 22.2. The van der Waals surface area contributed by atoms with Crippen LogP contribution in [0.4, 0.5) is 0 Å². The lowest BCUT2D eigenvalue weighted by molar-refractivity contribution is -0.120. The van der Waals surface area contributed by atoms with Gasteiger partial charge in [0.25, 0.3) is 0 Å². The third-order valence-corrected chi connectivity index (χ3v) is 3.14. The number of carbonyl (C=O) groups excluding carboxylic acids is 1. The molecule has 0 bridgehead atoms. The highest BCUT2D eigenvalue weighted by atomic mass is 16.1. The van der Waals surface area contributed by atoms with Gasteiger partial charge in [-0.25, -0.2) is 0 Å². The molecule has 1 aromatic rings. The Bertz CT molecular complexity index is 405. The second kappa shape index (κ2) is 5.29. The summed E-state index contributed by atoms with van der Waals surface area (Å²) in [6.45, 7) is 2.93. The molecule has 17 heavy (non-hydrogen) atoms. The number of hydrogen-bond donors (Lipinski definition) is 3. The van der Waals surface area contributed by atoms with Gasteiger partial charge in [0.2, 0.25) is 5.91 Å². The third-order valence-electron chi connectivity index (χ3n) is 3.14. The molecule has 4 N–H and O–H groups in total. The average Bonchev–Trinajstić information content (AvgIpc) is 2.65. The number of likely N-dealkylation sites (N-methyl/N-ethyl adjacent to an activating group) is 1. The van der Waals surface area contributed by atoms with Crippen LogP contribution < -0.4 is 16.4 Å². The second-order valence-electron chi connectivity index (χ2n) is 4.36. The van der Waals surface area contributed by atoms with Crippen LogP contribution >= 0.6 is 0 Å². The van der Waals surface area contributed by atoms with E-state index in [9.17, 15) is 4.79 Å². The maximum Gasteiger partial charge on any atom is 0.233 e. The second-order valence-corrected chi connectivity index (χ2v) is 4.36. The van der Waals surface area contributed by atoms with Gasteiger partial charge in [-0.05, 0) is 24.5 Å². The molecular weight excluding hydrogens is 214 g/mol. The smallest absolute Gasteiger partial charge is 0.233 e. The van der Waals surface area contributed by atoms with Gasteiger partial charge in [0.15, 0.2) is 0 Å². The van der Waals surface area contributed by atoms with E-state index in [1.54, 1.807) is 0 Å². The summed E-state index contributed by atoms with van der Waals surface area (Å²) in [4.78, 5) is 11.4. The molecule has 1 aliphatic carbocycles. The van der Waals surface area contributed by atoms with Crippen molar-refractivity contribution in [3.8, 4) is 0 Å². The molecule has 4 heteroatoms. The molecule has 2 rings (SSSR count). The van der Waals surface area contributed by atoms with Crippen molar-refractivity contribution in [1.82, 2.24) is 10.6 Å². The van der Waals surface area contributed by atoms with E-state index >= 15 is 0 Å². The van der Waals surface area contributed by atoms with Crippen LogP contribution in [0, 0.1) is 0 Å². The van der Waals surface area contributed by atoms with Crippen molar-refractivity contribution < 1.29 is 4.79 Å². The van der Waals surface area contributed by atoms with Crippen LogP contribution in [-0.4, -0.2) is 19.0 Å². The van der Waals surface area contributed by atoms with Gasteiger partial charge in [-0.15, -0.1) is 0 Å². The molecular formula is C13H19N3O. The summed E-state index contributed by atoms with van der Waals surface area (Å²) in [5, 5.41) is 6.03. The molecule has 1 aliphatic rings. The first-order valence-electron chi connectivity index (χ1n) is 6.07. The first-order chi connectivity index (χ1) is 8.22. The van der Waals surface area contributed by atoms with Crippen molar-refractivity contribution >= 4 is 5.91 Å². The fourth-order valence-corrected chi connectivity index (χ4v) is 2.34. The molecule has 1 amide bonds.